The normalized spacial score (nSPS) is 12.0. The molecule has 0 atom stereocenters. The van der Waals surface area contributed by atoms with Gasteiger partial charge in [0.2, 0.25) is 0 Å². The van der Waals surface area contributed by atoms with Gasteiger partial charge in [-0.05, 0) is 30.7 Å². The van der Waals surface area contributed by atoms with Gasteiger partial charge in [0.05, 0.1) is 5.56 Å². The third-order valence-corrected chi connectivity index (χ3v) is 2.60. The van der Waals surface area contributed by atoms with E-state index < -0.39 is 11.7 Å². The van der Waals surface area contributed by atoms with Crippen LogP contribution in [0.4, 0.5) is 13.2 Å². The highest BCUT2D eigenvalue weighted by Gasteiger charge is 2.30. The first kappa shape index (κ1) is 12.7. The average Bonchev–Trinajstić information content (AvgIpc) is 2.70. The van der Waals surface area contributed by atoms with Gasteiger partial charge in [0.1, 0.15) is 5.58 Å². The second kappa shape index (κ2) is 4.48. The summed E-state index contributed by atoms with van der Waals surface area (Å²) in [6.07, 6.45) is -3.39. The topological polar surface area (TPSA) is 30.2 Å². The lowest BCUT2D eigenvalue weighted by Gasteiger charge is -2.04. The predicted molar refractivity (Wildman–Crippen MR) is 60.5 cm³/mol. The number of benzene rings is 1. The van der Waals surface area contributed by atoms with Gasteiger partial charge in [-0.25, -0.2) is 0 Å². The van der Waals surface area contributed by atoms with Crippen LogP contribution >= 0.6 is 0 Å². The highest BCUT2D eigenvalue weighted by Crippen LogP contribution is 2.32. The molecule has 0 unspecified atom stereocenters. The van der Waals surface area contributed by atoms with E-state index in [1.165, 1.54) is 12.1 Å². The minimum absolute atomic E-state index is 0.117. The SMILES string of the molecule is CCCC(=O)c1cc2cc(C(F)(F)F)ccc2o1. The molecule has 2 rings (SSSR count). The van der Waals surface area contributed by atoms with Crippen molar-refractivity contribution in [1.82, 2.24) is 0 Å². The summed E-state index contributed by atoms with van der Waals surface area (Å²) in [4.78, 5) is 11.6. The van der Waals surface area contributed by atoms with Crippen molar-refractivity contribution in [1.29, 1.82) is 0 Å². The van der Waals surface area contributed by atoms with Crippen LogP contribution in [0.15, 0.2) is 28.7 Å². The summed E-state index contributed by atoms with van der Waals surface area (Å²) in [6.45, 7) is 1.85. The number of Topliss-reactive ketones (excluding diaryl/α,β-unsaturated/α-hetero) is 1. The van der Waals surface area contributed by atoms with Gasteiger partial charge in [-0.3, -0.25) is 4.79 Å². The van der Waals surface area contributed by atoms with E-state index in [1.807, 2.05) is 6.92 Å². The maximum atomic E-state index is 12.5. The lowest BCUT2D eigenvalue weighted by Crippen LogP contribution is -2.03. The molecular weight excluding hydrogens is 245 g/mol. The predicted octanol–water partition coefficient (Wildman–Crippen LogP) is 4.43. The standard InChI is InChI=1S/C13H11F3O2/c1-2-3-10(17)12-7-8-6-9(13(14,15)16)4-5-11(8)18-12/h4-7H,2-3H2,1H3. The number of fused-ring (bicyclic) bond motifs is 1. The summed E-state index contributed by atoms with van der Waals surface area (Å²) in [6, 6.07) is 4.53. The zero-order valence-electron chi connectivity index (χ0n) is 9.67. The lowest BCUT2D eigenvalue weighted by molar-refractivity contribution is -0.137. The lowest BCUT2D eigenvalue weighted by atomic mass is 10.1. The highest BCUT2D eigenvalue weighted by molar-refractivity contribution is 5.97. The molecule has 0 bridgehead atoms. The Balaban J connectivity index is 2.43. The molecule has 0 N–H and O–H groups in total. The van der Waals surface area contributed by atoms with Crippen molar-refractivity contribution < 1.29 is 22.4 Å². The fraction of sp³-hybridized carbons (Fsp3) is 0.308. The summed E-state index contributed by atoms with van der Waals surface area (Å²) in [5, 5.41) is 0.296. The van der Waals surface area contributed by atoms with Crippen molar-refractivity contribution in [2.24, 2.45) is 0 Å². The van der Waals surface area contributed by atoms with Gasteiger partial charge in [0, 0.05) is 11.8 Å². The first-order valence-corrected chi connectivity index (χ1v) is 5.56. The molecule has 5 heteroatoms. The Kier molecular flexibility index (Phi) is 3.15. The molecule has 1 aromatic carbocycles. The summed E-state index contributed by atoms with van der Waals surface area (Å²) in [5.74, 6) is -0.0755. The van der Waals surface area contributed by atoms with Gasteiger partial charge < -0.3 is 4.42 Å². The molecule has 18 heavy (non-hydrogen) atoms. The van der Waals surface area contributed by atoms with Gasteiger partial charge in [0.15, 0.2) is 11.5 Å². The molecule has 2 nitrogen and oxygen atoms in total. The Morgan fingerprint density at radius 3 is 2.61 bits per heavy atom. The minimum atomic E-state index is -4.39. The minimum Gasteiger partial charge on any atom is -0.453 e. The van der Waals surface area contributed by atoms with E-state index >= 15 is 0 Å². The van der Waals surface area contributed by atoms with E-state index in [1.54, 1.807) is 0 Å². The van der Waals surface area contributed by atoms with Gasteiger partial charge >= 0.3 is 6.18 Å². The molecule has 0 aliphatic rings. The zero-order chi connectivity index (χ0) is 13.3. The van der Waals surface area contributed by atoms with E-state index in [4.69, 9.17) is 4.42 Å². The van der Waals surface area contributed by atoms with E-state index in [0.29, 0.717) is 23.8 Å². The van der Waals surface area contributed by atoms with Crippen molar-refractivity contribution >= 4 is 16.8 Å². The first-order valence-electron chi connectivity index (χ1n) is 5.56. The van der Waals surface area contributed by atoms with E-state index in [0.717, 1.165) is 12.1 Å². The number of carbonyl (C=O) groups excluding carboxylic acids is 1. The summed E-state index contributed by atoms with van der Waals surface area (Å²) >= 11 is 0. The fourth-order valence-electron chi connectivity index (χ4n) is 1.71. The zero-order valence-corrected chi connectivity index (χ0v) is 9.67. The molecule has 0 saturated carbocycles. The number of hydrogen-bond donors (Lipinski definition) is 0. The largest absolute Gasteiger partial charge is 0.453 e. The Labute approximate surface area is 101 Å². The van der Waals surface area contributed by atoms with Gasteiger partial charge in [-0.2, -0.15) is 13.2 Å². The Bertz CT molecular complexity index is 581. The van der Waals surface area contributed by atoms with Crippen molar-refractivity contribution in [3.8, 4) is 0 Å². The van der Waals surface area contributed by atoms with Gasteiger partial charge in [0.25, 0.3) is 0 Å². The van der Waals surface area contributed by atoms with Crippen LogP contribution in [0.5, 0.6) is 0 Å². The number of furan rings is 1. The summed E-state index contributed by atoms with van der Waals surface area (Å²) in [7, 11) is 0. The molecule has 0 aliphatic carbocycles. The van der Waals surface area contributed by atoms with Crippen LogP contribution in [0, 0.1) is 0 Å². The highest BCUT2D eigenvalue weighted by atomic mass is 19.4. The summed E-state index contributed by atoms with van der Waals surface area (Å²) < 4.78 is 42.7. The monoisotopic (exact) mass is 256 g/mol. The van der Waals surface area contributed by atoms with E-state index in [2.05, 4.69) is 0 Å². The molecular formula is C13H11F3O2. The maximum absolute atomic E-state index is 12.5. The molecule has 2 aromatic rings. The fourth-order valence-corrected chi connectivity index (χ4v) is 1.71. The molecule has 0 fully saturated rings. The third-order valence-electron chi connectivity index (χ3n) is 2.60. The third kappa shape index (κ3) is 2.39. The first-order chi connectivity index (χ1) is 8.41. The van der Waals surface area contributed by atoms with Crippen LogP contribution in [0.1, 0.15) is 35.9 Å². The number of carbonyl (C=O) groups is 1. The summed E-state index contributed by atoms with van der Waals surface area (Å²) in [5.41, 5.74) is -0.451. The molecule has 0 radical (unpaired) electrons. The van der Waals surface area contributed by atoms with Crippen LogP contribution in [-0.2, 0) is 6.18 Å². The van der Waals surface area contributed by atoms with Crippen LogP contribution < -0.4 is 0 Å². The number of ketones is 1. The number of hydrogen-bond acceptors (Lipinski definition) is 2. The quantitative estimate of drug-likeness (QED) is 0.760. The van der Waals surface area contributed by atoms with Crippen molar-refractivity contribution in [3.63, 3.8) is 0 Å². The van der Waals surface area contributed by atoms with Crippen molar-refractivity contribution in [3.05, 3.63) is 35.6 Å². The molecule has 0 spiro atoms. The molecule has 1 aromatic heterocycles. The van der Waals surface area contributed by atoms with E-state index in [9.17, 15) is 18.0 Å². The molecule has 96 valence electrons. The molecule has 0 saturated heterocycles. The molecule has 0 aliphatic heterocycles. The van der Waals surface area contributed by atoms with Crippen LogP contribution in [0.2, 0.25) is 0 Å². The Morgan fingerprint density at radius 1 is 1.28 bits per heavy atom. The van der Waals surface area contributed by atoms with Crippen LogP contribution in [0.25, 0.3) is 11.0 Å². The van der Waals surface area contributed by atoms with E-state index in [-0.39, 0.29) is 11.5 Å². The number of alkyl halides is 3. The smallest absolute Gasteiger partial charge is 0.416 e. The molecule has 1 heterocycles. The Hall–Kier alpha value is -1.78. The average molecular weight is 256 g/mol. The number of rotatable bonds is 3. The van der Waals surface area contributed by atoms with Crippen molar-refractivity contribution in [2.45, 2.75) is 25.9 Å². The maximum Gasteiger partial charge on any atom is 0.416 e. The second-order valence-electron chi connectivity index (χ2n) is 4.03. The number of halogens is 3. The molecule has 0 amide bonds. The van der Waals surface area contributed by atoms with Crippen LogP contribution in [0.3, 0.4) is 0 Å². The van der Waals surface area contributed by atoms with Gasteiger partial charge in [-0.1, -0.05) is 6.92 Å². The van der Waals surface area contributed by atoms with Gasteiger partial charge in [-0.15, -0.1) is 0 Å². The second-order valence-corrected chi connectivity index (χ2v) is 4.03. The van der Waals surface area contributed by atoms with Crippen LogP contribution in [-0.4, -0.2) is 5.78 Å². The van der Waals surface area contributed by atoms with Crippen molar-refractivity contribution in [2.75, 3.05) is 0 Å². The Morgan fingerprint density at radius 2 is 2.00 bits per heavy atom.